The summed E-state index contributed by atoms with van der Waals surface area (Å²) in [6, 6.07) is 7.69. The Hall–Kier alpha value is -0.540. The first-order valence-corrected chi connectivity index (χ1v) is 5.19. The third-order valence-corrected chi connectivity index (χ3v) is 2.69. The predicted molar refractivity (Wildman–Crippen MR) is 59.8 cm³/mol. The van der Waals surface area contributed by atoms with Gasteiger partial charge >= 0.3 is 0 Å². The van der Waals surface area contributed by atoms with Crippen LogP contribution in [0.1, 0.15) is 6.42 Å². The van der Waals surface area contributed by atoms with Crippen molar-refractivity contribution in [1.29, 1.82) is 0 Å². The van der Waals surface area contributed by atoms with Crippen molar-refractivity contribution in [1.82, 2.24) is 0 Å². The number of halogens is 2. The molecule has 2 rings (SSSR count). The first-order valence-electron chi connectivity index (χ1n) is 4.02. The summed E-state index contributed by atoms with van der Waals surface area (Å²) in [7, 11) is 0. The maximum Gasteiger partial charge on any atom is 0.105 e. The van der Waals surface area contributed by atoms with E-state index < -0.39 is 0 Å². The van der Waals surface area contributed by atoms with Crippen LogP contribution in [0, 0.1) is 0 Å². The highest BCUT2D eigenvalue weighted by molar-refractivity contribution is 9.18. The van der Waals surface area contributed by atoms with Gasteiger partial charge in [-0.1, -0.05) is 11.6 Å². The molecule has 0 bridgehead atoms. The van der Waals surface area contributed by atoms with Crippen LogP contribution in [0.2, 0.25) is 5.02 Å². The molecule has 1 aliphatic heterocycles. The molecular formula is C9H8BrClN2. The normalized spacial score (nSPS) is 16.2. The van der Waals surface area contributed by atoms with Gasteiger partial charge in [-0.05, 0) is 40.2 Å². The van der Waals surface area contributed by atoms with Crippen LogP contribution in [0.5, 0.6) is 0 Å². The van der Waals surface area contributed by atoms with Crippen molar-refractivity contribution in [3.8, 4) is 0 Å². The summed E-state index contributed by atoms with van der Waals surface area (Å²) in [4.78, 5) is 0. The lowest BCUT2D eigenvalue weighted by atomic mass is 10.3. The lowest BCUT2D eigenvalue weighted by Gasteiger charge is -2.12. The molecule has 0 radical (unpaired) electrons. The van der Waals surface area contributed by atoms with Crippen molar-refractivity contribution in [3.05, 3.63) is 29.3 Å². The van der Waals surface area contributed by atoms with E-state index in [0.717, 1.165) is 28.3 Å². The maximum atomic E-state index is 5.78. The van der Waals surface area contributed by atoms with Crippen LogP contribution < -0.4 is 5.01 Å². The van der Waals surface area contributed by atoms with Crippen molar-refractivity contribution in [3.63, 3.8) is 0 Å². The Morgan fingerprint density at radius 2 is 2.00 bits per heavy atom. The lowest BCUT2D eigenvalue weighted by molar-refractivity contribution is 0.922. The number of anilines is 1. The van der Waals surface area contributed by atoms with E-state index in [0.29, 0.717) is 0 Å². The number of hydrogen-bond donors (Lipinski definition) is 0. The minimum Gasteiger partial charge on any atom is -0.264 e. The summed E-state index contributed by atoms with van der Waals surface area (Å²) < 4.78 is 1.00. The highest BCUT2D eigenvalue weighted by Gasteiger charge is 2.12. The number of rotatable bonds is 1. The van der Waals surface area contributed by atoms with Gasteiger partial charge in [-0.25, -0.2) is 0 Å². The van der Waals surface area contributed by atoms with E-state index in [2.05, 4.69) is 21.0 Å². The van der Waals surface area contributed by atoms with E-state index >= 15 is 0 Å². The van der Waals surface area contributed by atoms with Crippen LogP contribution >= 0.6 is 27.5 Å². The van der Waals surface area contributed by atoms with Crippen LogP contribution in [0.15, 0.2) is 29.4 Å². The SMILES string of the molecule is Clc1ccc(N2CCC(Br)=N2)cc1. The molecule has 0 aliphatic carbocycles. The van der Waals surface area contributed by atoms with Gasteiger partial charge in [0.2, 0.25) is 0 Å². The van der Waals surface area contributed by atoms with E-state index in [1.807, 2.05) is 29.3 Å². The molecule has 0 atom stereocenters. The summed E-state index contributed by atoms with van der Waals surface area (Å²) in [5, 5.41) is 7.03. The predicted octanol–water partition coefficient (Wildman–Crippen LogP) is 3.26. The van der Waals surface area contributed by atoms with E-state index in [9.17, 15) is 0 Å². The van der Waals surface area contributed by atoms with Gasteiger partial charge in [-0.2, -0.15) is 5.10 Å². The fourth-order valence-corrected chi connectivity index (χ4v) is 1.72. The van der Waals surface area contributed by atoms with Gasteiger partial charge in [0.05, 0.1) is 5.69 Å². The van der Waals surface area contributed by atoms with Crippen molar-refractivity contribution >= 4 is 37.8 Å². The first-order chi connectivity index (χ1) is 6.25. The second-order valence-corrected chi connectivity index (χ2v) is 4.18. The van der Waals surface area contributed by atoms with Gasteiger partial charge in [0, 0.05) is 18.0 Å². The number of benzene rings is 1. The average molecular weight is 260 g/mol. The van der Waals surface area contributed by atoms with Crippen LogP contribution in [-0.2, 0) is 0 Å². The smallest absolute Gasteiger partial charge is 0.105 e. The van der Waals surface area contributed by atoms with Gasteiger partial charge in [-0.3, -0.25) is 5.01 Å². The summed E-state index contributed by atoms with van der Waals surface area (Å²) in [5.74, 6) is 0. The van der Waals surface area contributed by atoms with Gasteiger partial charge in [-0.15, -0.1) is 0 Å². The van der Waals surface area contributed by atoms with E-state index in [4.69, 9.17) is 11.6 Å². The van der Waals surface area contributed by atoms with Crippen molar-refractivity contribution < 1.29 is 0 Å². The van der Waals surface area contributed by atoms with Gasteiger partial charge in [0.1, 0.15) is 4.62 Å². The Morgan fingerprint density at radius 1 is 1.31 bits per heavy atom. The van der Waals surface area contributed by atoms with Crippen LogP contribution in [0.3, 0.4) is 0 Å². The molecule has 0 fully saturated rings. The molecule has 1 heterocycles. The Kier molecular flexibility index (Phi) is 2.56. The zero-order valence-corrected chi connectivity index (χ0v) is 9.22. The number of nitrogens with zero attached hydrogens (tertiary/aromatic N) is 2. The molecule has 0 saturated heterocycles. The third kappa shape index (κ3) is 2.03. The number of hydrogen-bond acceptors (Lipinski definition) is 2. The molecule has 0 aromatic heterocycles. The highest BCUT2D eigenvalue weighted by atomic mass is 79.9. The Labute approximate surface area is 90.3 Å². The standard InChI is InChI=1S/C9H8BrClN2/c10-9-5-6-13(12-9)8-3-1-7(11)2-4-8/h1-4H,5-6H2. The van der Waals surface area contributed by atoms with Crippen LogP contribution in [0.4, 0.5) is 5.69 Å². The molecule has 0 unspecified atom stereocenters. The van der Waals surface area contributed by atoms with Gasteiger partial charge in [0.25, 0.3) is 0 Å². The van der Waals surface area contributed by atoms with Gasteiger partial charge < -0.3 is 0 Å². The zero-order valence-electron chi connectivity index (χ0n) is 6.87. The van der Waals surface area contributed by atoms with Crippen molar-refractivity contribution in [2.75, 3.05) is 11.6 Å². The quantitative estimate of drug-likeness (QED) is 0.756. The molecule has 0 amide bonds. The lowest BCUT2D eigenvalue weighted by Crippen LogP contribution is -2.11. The molecule has 1 aliphatic rings. The van der Waals surface area contributed by atoms with E-state index in [1.54, 1.807) is 0 Å². The first kappa shape index (κ1) is 9.03. The largest absolute Gasteiger partial charge is 0.264 e. The zero-order chi connectivity index (χ0) is 9.26. The molecular weight excluding hydrogens is 251 g/mol. The minimum atomic E-state index is 0.756. The molecule has 13 heavy (non-hydrogen) atoms. The van der Waals surface area contributed by atoms with Gasteiger partial charge in [0.15, 0.2) is 0 Å². The van der Waals surface area contributed by atoms with Crippen molar-refractivity contribution in [2.45, 2.75) is 6.42 Å². The maximum absolute atomic E-state index is 5.78. The topological polar surface area (TPSA) is 15.6 Å². The fraction of sp³-hybridized carbons (Fsp3) is 0.222. The molecule has 1 aromatic rings. The second kappa shape index (κ2) is 3.68. The molecule has 0 spiro atoms. The average Bonchev–Trinajstić information content (AvgIpc) is 2.53. The van der Waals surface area contributed by atoms with Crippen molar-refractivity contribution in [2.24, 2.45) is 5.10 Å². The summed E-state index contributed by atoms with van der Waals surface area (Å²) in [6.45, 7) is 0.933. The third-order valence-electron chi connectivity index (χ3n) is 1.88. The Bertz CT molecular complexity index is 334. The second-order valence-electron chi connectivity index (χ2n) is 2.83. The fourth-order valence-electron chi connectivity index (χ4n) is 1.23. The van der Waals surface area contributed by atoms with Crippen LogP contribution in [0.25, 0.3) is 0 Å². The molecule has 0 N–H and O–H groups in total. The molecule has 0 saturated carbocycles. The minimum absolute atomic E-state index is 0.756. The molecule has 4 heteroatoms. The van der Waals surface area contributed by atoms with E-state index in [1.165, 1.54) is 0 Å². The van der Waals surface area contributed by atoms with Crippen LogP contribution in [-0.4, -0.2) is 11.2 Å². The molecule has 68 valence electrons. The summed E-state index contributed by atoms with van der Waals surface area (Å²) in [6.07, 6.45) is 0.975. The summed E-state index contributed by atoms with van der Waals surface area (Å²) in [5.41, 5.74) is 1.08. The van der Waals surface area contributed by atoms with E-state index in [-0.39, 0.29) is 0 Å². The Balaban J connectivity index is 2.22. The monoisotopic (exact) mass is 258 g/mol. The Morgan fingerprint density at radius 3 is 2.54 bits per heavy atom. The number of hydrazone groups is 1. The molecule has 2 nitrogen and oxygen atoms in total. The highest BCUT2D eigenvalue weighted by Crippen LogP contribution is 2.22. The summed E-state index contributed by atoms with van der Waals surface area (Å²) >= 11 is 9.16. The molecule has 1 aromatic carbocycles.